The Morgan fingerprint density at radius 1 is 1.13 bits per heavy atom. The first-order chi connectivity index (χ1) is 11.1. The topological polar surface area (TPSA) is 84.2 Å². The summed E-state index contributed by atoms with van der Waals surface area (Å²) in [5, 5.41) is 4.16. The predicted octanol–water partition coefficient (Wildman–Crippen LogP) is 0.524. The van der Waals surface area contributed by atoms with Crippen molar-refractivity contribution in [2.45, 2.75) is 13.3 Å². The second-order valence-electron chi connectivity index (χ2n) is 5.39. The normalized spacial score (nSPS) is 16.7. The first-order valence-electron chi connectivity index (χ1n) is 7.65. The average molecular weight is 336 g/mol. The zero-order valence-corrected chi connectivity index (χ0v) is 13.9. The van der Waals surface area contributed by atoms with Crippen LogP contribution < -0.4 is 4.90 Å². The summed E-state index contributed by atoms with van der Waals surface area (Å²) in [6.45, 7) is 4.11. The quantitative estimate of drug-likeness (QED) is 0.792. The highest BCUT2D eigenvalue weighted by Crippen LogP contribution is 2.17. The van der Waals surface area contributed by atoms with Crippen LogP contribution in [0.15, 0.2) is 30.9 Å². The molecule has 3 heterocycles. The first-order valence-corrected chi connectivity index (χ1v) is 9.26. The third kappa shape index (κ3) is 3.50. The van der Waals surface area contributed by atoms with Crippen molar-refractivity contribution >= 4 is 15.8 Å². The molecule has 1 aliphatic rings. The van der Waals surface area contributed by atoms with E-state index < -0.39 is 10.0 Å². The summed E-state index contributed by atoms with van der Waals surface area (Å²) in [4.78, 5) is 10.6. The van der Waals surface area contributed by atoms with Gasteiger partial charge in [0.15, 0.2) is 5.82 Å². The molecule has 1 aliphatic heterocycles. The maximum Gasteiger partial charge on any atom is 0.214 e. The Bertz CT molecular complexity index is 738. The van der Waals surface area contributed by atoms with E-state index in [-0.39, 0.29) is 5.75 Å². The zero-order chi connectivity index (χ0) is 16.3. The summed E-state index contributed by atoms with van der Waals surface area (Å²) >= 11 is 0. The van der Waals surface area contributed by atoms with Gasteiger partial charge in [0.25, 0.3) is 0 Å². The lowest BCUT2D eigenvalue weighted by Gasteiger charge is -2.34. The van der Waals surface area contributed by atoms with Crippen molar-refractivity contribution in [3.63, 3.8) is 0 Å². The van der Waals surface area contributed by atoms with E-state index in [1.807, 2.05) is 25.3 Å². The Balaban J connectivity index is 1.70. The molecule has 0 atom stereocenters. The molecule has 1 saturated heterocycles. The molecule has 8 nitrogen and oxygen atoms in total. The average Bonchev–Trinajstić information content (AvgIpc) is 3.10. The maximum atomic E-state index is 12.1. The number of piperazine rings is 1. The van der Waals surface area contributed by atoms with Gasteiger partial charge < -0.3 is 4.90 Å². The van der Waals surface area contributed by atoms with E-state index >= 15 is 0 Å². The van der Waals surface area contributed by atoms with Crippen LogP contribution in [0.2, 0.25) is 0 Å². The largest absolute Gasteiger partial charge is 0.354 e. The van der Waals surface area contributed by atoms with Gasteiger partial charge in [-0.1, -0.05) is 6.92 Å². The van der Waals surface area contributed by atoms with Gasteiger partial charge in [-0.2, -0.15) is 9.40 Å². The zero-order valence-electron chi connectivity index (χ0n) is 13.0. The van der Waals surface area contributed by atoms with Crippen molar-refractivity contribution in [2.24, 2.45) is 0 Å². The molecule has 9 heteroatoms. The van der Waals surface area contributed by atoms with Crippen LogP contribution in [0, 0.1) is 0 Å². The van der Waals surface area contributed by atoms with Crippen LogP contribution in [0.5, 0.6) is 0 Å². The van der Waals surface area contributed by atoms with Gasteiger partial charge in [0.05, 0.1) is 5.75 Å². The number of hydrogen-bond donors (Lipinski definition) is 0. The highest BCUT2D eigenvalue weighted by Gasteiger charge is 2.26. The fourth-order valence-corrected chi connectivity index (χ4v) is 4.12. The Morgan fingerprint density at radius 3 is 2.52 bits per heavy atom. The molecule has 0 aromatic carbocycles. The molecule has 0 bridgehead atoms. The number of anilines is 1. The summed E-state index contributed by atoms with van der Waals surface area (Å²) in [5.41, 5.74) is 0. The number of sulfonamides is 1. The van der Waals surface area contributed by atoms with E-state index in [1.165, 1.54) is 6.33 Å². The van der Waals surface area contributed by atoms with Crippen LogP contribution in [-0.4, -0.2) is 64.4 Å². The molecular weight excluding hydrogens is 316 g/mol. The third-order valence-corrected chi connectivity index (χ3v) is 5.87. The minimum atomic E-state index is -3.12. The Hall–Kier alpha value is -2.00. The van der Waals surface area contributed by atoms with Crippen LogP contribution >= 0.6 is 0 Å². The van der Waals surface area contributed by atoms with E-state index in [4.69, 9.17) is 0 Å². The van der Waals surface area contributed by atoms with Crippen molar-refractivity contribution < 1.29 is 8.42 Å². The summed E-state index contributed by atoms with van der Waals surface area (Å²) in [7, 11) is -3.12. The highest BCUT2D eigenvalue weighted by atomic mass is 32.2. The number of hydrogen-bond acceptors (Lipinski definition) is 6. The van der Waals surface area contributed by atoms with E-state index in [9.17, 15) is 8.42 Å². The standard InChI is InChI=1S/C14H20N6O2S/c1-2-10-23(21,22)19-8-6-18(7-9-19)13-11-14(16-12-15-13)20-5-3-4-17-20/h3-5,11-12H,2,6-10H2,1H3. The van der Waals surface area contributed by atoms with E-state index in [1.54, 1.807) is 15.2 Å². The van der Waals surface area contributed by atoms with E-state index in [0.29, 0.717) is 38.4 Å². The Labute approximate surface area is 135 Å². The summed E-state index contributed by atoms with van der Waals surface area (Å²) < 4.78 is 27.5. The van der Waals surface area contributed by atoms with Gasteiger partial charge in [0.1, 0.15) is 12.1 Å². The molecular formula is C14H20N6O2S. The van der Waals surface area contributed by atoms with Gasteiger partial charge in [0, 0.05) is 44.6 Å². The number of nitrogens with zero attached hydrogens (tertiary/aromatic N) is 6. The van der Waals surface area contributed by atoms with Crippen molar-refractivity contribution in [2.75, 3.05) is 36.8 Å². The lowest BCUT2D eigenvalue weighted by atomic mass is 10.3. The smallest absolute Gasteiger partial charge is 0.214 e. The van der Waals surface area contributed by atoms with Crippen LogP contribution in [0.25, 0.3) is 5.82 Å². The van der Waals surface area contributed by atoms with Gasteiger partial charge >= 0.3 is 0 Å². The summed E-state index contributed by atoms with van der Waals surface area (Å²) in [6.07, 6.45) is 5.66. The molecule has 1 fully saturated rings. The SMILES string of the molecule is CCCS(=O)(=O)N1CCN(c2cc(-n3cccn3)ncn2)CC1. The van der Waals surface area contributed by atoms with Crippen LogP contribution in [0.4, 0.5) is 5.82 Å². The molecule has 23 heavy (non-hydrogen) atoms. The lowest BCUT2D eigenvalue weighted by molar-refractivity contribution is 0.383. The van der Waals surface area contributed by atoms with Crippen molar-refractivity contribution in [3.8, 4) is 5.82 Å². The van der Waals surface area contributed by atoms with Crippen LogP contribution in [0.3, 0.4) is 0 Å². The van der Waals surface area contributed by atoms with Gasteiger partial charge in [-0.15, -0.1) is 0 Å². The highest BCUT2D eigenvalue weighted by molar-refractivity contribution is 7.89. The van der Waals surface area contributed by atoms with Gasteiger partial charge in [-0.25, -0.2) is 23.1 Å². The van der Waals surface area contributed by atoms with Gasteiger partial charge in [-0.05, 0) is 12.5 Å². The van der Waals surface area contributed by atoms with Crippen molar-refractivity contribution in [3.05, 3.63) is 30.9 Å². The minimum absolute atomic E-state index is 0.212. The molecule has 0 N–H and O–H groups in total. The Kier molecular flexibility index (Phi) is 4.58. The minimum Gasteiger partial charge on any atom is -0.354 e. The molecule has 0 saturated carbocycles. The monoisotopic (exact) mass is 336 g/mol. The van der Waals surface area contributed by atoms with Crippen molar-refractivity contribution in [1.82, 2.24) is 24.1 Å². The molecule has 0 unspecified atom stereocenters. The fraction of sp³-hybridized carbons (Fsp3) is 0.500. The summed E-state index contributed by atoms with van der Waals surface area (Å²) in [6, 6.07) is 3.70. The molecule has 0 amide bonds. The van der Waals surface area contributed by atoms with Crippen LogP contribution in [-0.2, 0) is 10.0 Å². The molecule has 0 radical (unpaired) electrons. The second-order valence-corrected chi connectivity index (χ2v) is 7.48. The Morgan fingerprint density at radius 2 is 1.87 bits per heavy atom. The number of aromatic nitrogens is 4. The molecule has 3 rings (SSSR count). The van der Waals surface area contributed by atoms with Gasteiger partial charge in [-0.3, -0.25) is 0 Å². The lowest BCUT2D eigenvalue weighted by Crippen LogP contribution is -2.49. The molecule has 2 aromatic rings. The molecule has 0 spiro atoms. The summed E-state index contributed by atoms with van der Waals surface area (Å²) in [5.74, 6) is 1.70. The molecule has 0 aliphatic carbocycles. The number of rotatable bonds is 5. The van der Waals surface area contributed by atoms with Gasteiger partial charge in [0.2, 0.25) is 10.0 Å². The van der Waals surface area contributed by atoms with Crippen molar-refractivity contribution in [1.29, 1.82) is 0 Å². The second kappa shape index (κ2) is 6.63. The molecule has 2 aromatic heterocycles. The fourth-order valence-electron chi connectivity index (χ4n) is 2.62. The molecule has 124 valence electrons. The van der Waals surface area contributed by atoms with E-state index in [0.717, 1.165) is 5.82 Å². The van der Waals surface area contributed by atoms with E-state index in [2.05, 4.69) is 20.0 Å². The maximum absolute atomic E-state index is 12.1. The third-order valence-electron chi connectivity index (χ3n) is 3.80. The first kappa shape index (κ1) is 15.9. The predicted molar refractivity (Wildman–Crippen MR) is 87.0 cm³/mol. The van der Waals surface area contributed by atoms with Crippen LogP contribution in [0.1, 0.15) is 13.3 Å².